The van der Waals surface area contributed by atoms with E-state index in [0.717, 1.165) is 17.1 Å². The summed E-state index contributed by atoms with van der Waals surface area (Å²) < 4.78 is 5.03. The van der Waals surface area contributed by atoms with Gasteiger partial charge in [-0.2, -0.15) is 0 Å². The number of nitrogens with zero attached hydrogens (tertiary/aromatic N) is 2. The van der Waals surface area contributed by atoms with Gasteiger partial charge in [-0.1, -0.05) is 133 Å². The summed E-state index contributed by atoms with van der Waals surface area (Å²) in [6.45, 7) is 0. The van der Waals surface area contributed by atoms with Crippen molar-refractivity contribution in [2.75, 3.05) is 4.90 Å². The van der Waals surface area contributed by atoms with Crippen molar-refractivity contribution < 1.29 is 0 Å². The molecule has 0 unspecified atom stereocenters. The Morgan fingerprint density at radius 3 is 1.84 bits per heavy atom. The van der Waals surface area contributed by atoms with Crippen LogP contribution >= 0.6 is 11.3 Å². The molecule has 0 saturated heterocycles. The van der Waals surface area contributed by atoms with Gasteiger partial charge in [0.2, 0.25) is 0 Å². The molecule has 0 aliphatic carbocycles. The van der Waals surface area contributed by atoms with Gasteiger partial charge >= 0.3 is 0 Å². The quantitative estimate of drug-likeness (QED) is 0.170. The zero-order valence-electron chi connectivity index (χ0n) is 27.6. The first-order valence-corrected chi connectivity index (χ1v) is 18.3. The van der Waals surface area contributed by atoms with Gasteiger partial charge in [0.1, 0.15) is 0 Å². The van der Waals surface area contributed by atoms with Crippen molar-refractivity contribution in [3.63, 3.8) is 0 Å². The number of hydrogen-bond donors (Lipinski definition) is 0. The number of hydrogen-bond acceptors (Lipinski definition) is 2. The Hall–Kier alpha value is -6.42. The summed E-state index contributed by atoms with van der Waals surface area (Å²) in [5.74, 6) is 0. The molecular weight excluding hydrogens is 637 g/mol. The molecular formula is C48H30N2S. The molecule has 2 heterocycles. The van der Waals surface area contributed by atoms with E-state index in [1.807, 2.05) is 11.3 Å². The van der Waals surface area contributed by atoms with E-state index < -0.39 is 0 Å². The molecule has 3 heteroatoms. The fraction of sp³-hybridized carbons (Fsp3) is 0. The molecule has 0 atom stereocenters. The van der Waals surface area contributed by atoms with Crippen molar-refractivity contribution in [3.05, 3.63) is 182 Å². The molecule has 2 aromatic heterocycles. The summed E-state index contributed by atoms with van der Waals surface area (Å²) in [5, 5.41) is 12.6. The van der Waals surface area contributed by atoms with E-state index in [4.69, 9.17) is 0 Å². The molecule has 0 spiro atoms. The summed E-state index contributed by atoms with van der Waals surface area (Å²) >= 11 is 1.87. The second-order valence-corrected chi connectivity index (χ2v) is 14.3. The van der Waals surface area contributed by atoms with Crippen LogP contribution < -0.4 is 4.90 Å². The van der Waals surface area contributed by atoms with Crippen LogP contribution in [0.1, 0.15) is 0 Å². The van der Waals surface area contributed by atoms with Gasteiger partial charge in [0.15, 0.2) is 0 Å². The van der Waals surface area contributed by atoms with Crippen molar-refractivity contribution in [1.29, 1.82) is 0 Å². The first-order chi connectivity index (χ1) is 25.3. The van der Waals surface area contributed by atoms with E-state index in [1.54, 1.807) is 0 Å². The number of anilines is 3. The maximum Gasteiger partial charge on any atom is 0.0782 e. The predicted molar refractivity (Wildman–Crippen MR) is 221 cm³/mol. The number of fused-ring (bicyclic) bond motifs is 11. The normalized spacial score (nSPS) is 11.9. The van der Waals surface area contributed by atoms with Crippen molar-refractivity contribution >= 4 is 103 Å². The number of benzene rings is 9. The Bertz CT molecular complexity index is 3150. The fourth-order valence-electron chi connectivity index (χ4n) is 8.39. The van der Waals surface area contributed by atoms with Crippen LogP contribution in [0.3, 0.4) is 0 Å². The van der Waals surface area contributed by atoms with Crippen LogP contribution in [0, 0.1) is 0 Å². The molecule has 11 aromatic rings. The highest BCUT2D eigenvalue weighted by molar-refractivity contribution is 7.26. The van der Waals surface area contributed by atoms with Crippen molar-refractivity contribution in [1.82, 2.24) is 4.57 Å². The molecule has 51 heavy (non-hydrogen) atoms. The van der Waals surface area contributed by atoms with E-state index in [2.05, 4.69) is 191 Å². The Kier molecular flexibility index (Phi) is 6.16. The average molecular weight is 667 g/mol. The summed E-state index contributed by atoms with van der Waals surface area (Å²) in [5.41, 5.74) is 7.00. The van der Waals surface area contributed by atoms with Crippen LogP contribution in [0.5, 0.6) is 0 Å². The van der Waals surface area contributed by atoms with E-state index >= 15 is 0 Å². The maximum atomic E-state index is 2.54. The lowest BCUT2D eigenvalue weighted by molar-refractivity contribution is 1.17. The molecule has 11 rings (SSSR count). The fourth-order valence-corrected chi connectivity index (χ4v) is 9.52. The third-order valence-corrected chi connectivity index (χ3v) is 11.7. The van der Waals surface area contributed by atoms with Crippen molar-refractivity contribution in [3.8, 4) is 5.69 Å². The molecule has 9 aromatic carbocycles. The minimum atomic E-state index is 1.14. The van der Waals surface area contributed by atoms with Crippen LogP contribution in [-0.2, 0) is 0 Å². The van der Waals surface area contributed by atoms with E-state index in [0.29, 0.717) is 0 Å². The molecule has 238 valence electrons. The van der Waals surface area contributed by atoms with Gasteiger partial charge in [-0.25, -0.2) is 0 Å². The monoisotopic (exact) mass is 666 g/mol. The molecule has 0 saturated carbocycles. The van der Waals surface area contributed by atoms with E-state index in [1.165, 1.54) is 80.0 Å². The van der Waals surface area contributed by atoms with Gasteiger partial charge in [-0.05, 0) is 75.5 Å². The van der Waals surface area contributed by atoms with E-state index in [-0.39, 0.29) is 0 Å². The highest BCUT2D eigenvalue weighted by Gasteiger charge is 2.25. The first-order valence-electron chi connectivity index (χ1n) is 17.4. The molecule has 2 nitrogen and oxygen atoms in total. The Labute approximate surface area is 298 Å². The molecule has 0 amide bonds. The van der Waals surface area contributed by atoms with Crippen LogP contribution in [0.4, 0.5) is 17.1 Å². The highest BCUT2D eigenvalue weighted by Crippen LogP contribution is 2.50. The Balaban J connectivity index is 1.31. The third kappa shape index (κ3) is 4.16. The van der Waals surface area contributed by atoms with Gasteiger partial charge in [0.25, 0.3) is 0 Å². The predicted octanol–water partition coefficient (Wildman–Crippen LogP) is 14.1. The molecule has 0 radical (unpaired) electrons. The van der Waals surface area contributed by atoms with Crippen LogP contribution in [0.2, 0.25) is 0 Å². The summed E-state index contributed by atoms with van der Waals surface area (Å²) in [4.78, 5) is 2.54. The van der Waals surface area contributed by atoms with Crippen LogP contribution in [-0.4, -0.2) is 4.57 Å². The van der Waals surface area contributed by atoms with Gasteiger partial charge < -0.3 is 9.47 Å². The highest BCUT2D eigenvalue weighted by atomic mass is 32.1. The first kappa shape index (κ1) is 28.4. The van der Waals surface area contributed by atoms with Gasteiger partial charge in [-0.3, -0.25) is 0 Å². The zero-order valence-corrected chi connectivity index (χ0v) is 28.4. The van der Waals surface area contributed by atoms with Crippen LogP contribution in [0.25, 0.3) is 80.0 Å². The second-order valence-electron chi connectivity index (χ2n) is 13.3. The zero-order chi connectivity index (χ0) is 33.5. The SMILES string of the molecule is c1ccc(-n2c3ccccc3c3cccc(N(c4cccc5c4ccc4c6ccccc6ccc54)c4cccc5sc6ccccc6c45)c32)cc1. The lowest BCUT2D eigenvalue weighted by atomic mass is 9.95. The minimum absolute atomic E-state index is 1.14. The van der Waals surface area contributed by atoms with Gasteiger partial charge in [0, 0.05) is 42.0 Å². The topological polar surface area (TPSA) is 8.17 Å². The second kappa shape index (κ2) is 11.0. The molecule has 0 fully saturated rings. The average Bonchev–Trinajstić information content (AvgIpc) is 3.75. The molecule has 0 aliphatic heterocycles. The largest absolute Gasteiger partial charge is 0.307 e. The standard InChI is InChI=1S/C48H30N2S/c1-2-14-32(15-3-1)49-41-21-8-6-17-37(41)39-20-11-24-44(48(39)49)50(43-23-12-26-46-47(43)40-18-7-9-25-45(40)51-46)42-22-10-19-34-36-28-27-31-13-4-5-16-33(31)35(36)29-30-38(34)42/h1-30H. The molecule has 0 N–H and O–H groups in total. The van der Waals surface area contributed by atoms with Gasteiger partial charge in [0.05, 0.1) is 28.1 Å². The number of para-hydroxylation sites is 3. The van der Waals surface area contributed by atoms with Crippen molar-refractivity contribution in [2.45, 2.75) is 0 Å². The van der Waals surface area contributed by atoms with Crippen LogP contribution in [0.15, 0.2) is 182 Å². The Morgan fingerprint density at radius 1 is 0.353 bits per heavy atom. The molecule has 0 bridgehead atoms. The minimum Gasteiger partial charge on any atom is -0.307 e. The number of aromatic nitrogens is 1. The van der Waals surface area contributed by atoms with Gasteiger partial charge in [-0.15, -0.1) is 11.3 Å². The summed E-state index contributed by atoms with van der Waals surface area (Å²) in [7, 11) is 0. The lowest BCUT2D eigenvalue weighted by Gasteiger charge is -2.29. The van der Waals surface area contributed by atoms with E-state index in [9.17, 15) is 0 Å². The number of rotatable bonds is 4. The third-order valence-electron chi connectivity index (χ3n) is 10.6. The Morgan fingerprint density at radius 2 is 0.941 bits per heavy atom. The summed E-state index contributed by atoms with van der Waals surface area (Å²) in [6.07, 6.45) is 0. The smallest absolute Gasteiger partial charge is 0.0782 e. The lowest BCUT2D eigenvalue weighted by Crippen LogP contribution is -2.12. The summed E-state index contributed by atoms with van der Waals surface area (Å²) in [6, 6.07) is 66.8. The molecule has 0 aliphatic rings. The van der Waals surface area contributed by atoms with Crippen molar-refractivity contribution in [2.24, 2.45) is 0 Å². The number of thiophene rings is 1. The maximum absolute atomic E-state index is 2.54.